The number of alkyl halides is 2. The summed E-state index contributed by atoms with van der Waals surface area (Å²) in [5.74, 6) is 3.56. The van der Waals surface area contributed by atoms with Crippen LogP contribution in [0.2, 0.25) is 96.7 Å². The third-order valence-corrected chi connectivity index (χ3v) is 48.8. The average Bonchev–Trinajstić information content (AvgIpc) is 0.846. The van der Waals surface area contributed by atoms with Gasteiger partial charge in [-0.15, -0.1) is 12.1 Å². The molecular formula is C94H176Br2Li2Si4. The second-order valence-electron chi connectivity index (χ2n) is 35.7. The van der Waals surface area contributed by atoms with Gasteiger partial charge in [-0.1, -0.05) is 437 Å². The van der Waals surface area contributed by atoms with Crippen LogP contribution in [0.25, 0.3) is 6.08 Å². The molecule has 0 N–H and O–H groups in total. The van der Waals surface area contributed by atoms with Crippen molar-refractivity contribution in [3.63, 3.8) is 0 Å². The zero-order valence-corrected chi connectivity index (χ0v) is 83.2. The van der Waals surface area contributed by atoms with Crippen molar-refractivity contribution in [1.29, 1.82) is 0 Å². The van der Waals surface area contributed by atoms with E-state index < -0.39 is 32.3 Å². The van der Waals surface area contributed by atoms with Crippen LogP contribution in [0.15, 0.2) is 128 Å². The van der Waals surface area contributed by atoms with E-state index in [0.717, 1.165) is 28.4 Å². The molecule has 0 saturated carbocycles. The van der Waals surface area contributed by atoms with Crippen molar-refractivity contribution < 1.29 is 37.7 Å². The largest absolute Gasteiger partial charge is 1.00 e. The van der Waals surface area contributed by atoms with Crippen LogP contribution in [0.5, 0.6) is 0 Å². The zero-order chi connectivity index (χ0) is 78.9. The van der Waals surface area contributed by atoms with Crippen LogP contribution < -0.4 is 37.7 Å². The molecule has 5 unspecified atom stereocenters. The molecule has 0 bridgehead atoms. The van der Waals surface area contributed by atoms with Gasteiger partial charge in [-0.2, -0.15) is 37.5 Å². The Bertz CT molecular complexity index is 2340. The first kappa shape index (κ1) is 115. The van der Waals surface area contributed by atoms with Crippen LogP contribution in [0.3, 0.4) is 0 Å². The monoisotopic (exact) mass is 1590 g/mol. The molecule has 8 heteroatoms. The SMILES string of the molecule is C=Cc1ccccc1.CC.CC.CC.CC.CC(C)(C)[Si](C)(C)CCC(CBr)(CBr)CC[Si](C)(C)C(C)(C)C.CCC(C)CC(CC(CC[Si](C)(C)C(C)(C)C)(CC[Si](C)(C)C(C)(C)C)CC(CC(C)CC)c1ccccc1)c1ccccc1.CCC(C)C[CH-]c1ccccc1.C[CH-]CC.[Li+].[Li+]. The molecule has 4 aromatic carbocycles. The maximum Gasteiger partial charge on any atom is 1.00 e. The van der Waals surface area contributed by atoms with Crippen LogP contribution in [0.4, 0.5) is 0 Å². The van der Waals surface area contributed by atoms with Gasteiger partial charge in [0.2, 0.25) is 0 Å². The summed E-state index contributed by atoms with van der Waals surface area (Å²) in [5.41, 5.74) is 6.46. The molecule has 4 rings (SSSR count). The molecule has 0 radical (unpaired) electrons. The van der Waals surface area contributed by atoms with Gasteiger partial charge in [0.1, 0.15) is 0 Å². The molecule has 0 spiro atoms. The van der Waals surface area contributed by atoms with Gasteiger partial charge < -0.3 is 6.42 Å². The van der Waals surface area contributed by atoms with E-state index in [0.29, 0.717) is 42.8 Å². The van der Waals surface area contributed by atoms with Crippen molar-refractivity contribution in [3.05, 3.63) is 163 Å². The summed E-state index contributed by atoms with van der Waals surface area (Å²) >= 11 is 7.74. The summed E-state index contributed by atoms with van der Waals surface area (Å²) in [5, 5.41) is 4.10. The Morgan fingerprint density at radius 1 is 0.402 bits per heavy atom. The van der Waals surface area contributed by atoms with Crippen LogP contribution in [0.1, 0.15) is 311 Å². The van der Waals surface area contributed by atoms with E-state index in [1.807, 2.05) is 91.8 Å². The van der Waals surface area contributed by atoms with Gasteiger partial charge in [0.15, 0.2) is 0 Å². The molecule has 4 aromatic rings. The van der Waals surface area contributed by atoms with Gasteiger partial charge in [-0.3, -0.25) is 0 Å². The number of hydrogen-bond acceptors (Lipinski definition) is 0. The first-order chi connectivity index (χ1) is 46.5. The number of halogens is 2. The molecule has 0 fully saturated rings. The first-order valence-electron chi connectivity index (χ1n) is 41.0. The molecule has 0 aromatic heterocycles. The second-order valence-corrected chi connectivity index (χ2v) is 59.9. The van der Waals surface area contributed by atoms with Gasteiger partial charge in [0, 0.05) is 10.7 Å². The molecule has 102 heavy (non-hydrogen) atoms. The fraction of sp³-hybridized carbons (Fsp3) is 0.702. The molecule has 0 saturated heterocycles. The topological polar surface area (TPSA) is 0 Å². The molecular weight excluding hydrogens is 1420 g/mol. The molecule has 584 valence electrons. The van der Waals surface area contributed by atoms with Gasteiger partial charge in [-0.25, -0.2) is 0 Å². The van der Waals surface area contributed by atoms with Crippen LogP contribution in [0, 0.1) is 41.4 Å². The van der Waals surface area contributed by atoms with Gasteiger partial charge in [0.25, 0.3) is 0 Å². The molecule has 0 aliphatic heterocycles. The molecule has 0 nitrogen and oxygen atoms in total. The Balaban J connectivity index is -0.000000261. The summed E-state index contributed by atoms with van der Waals surface area (Å²) in [6, 6.07) is 49.7. The Morgan fingerprint density at radius 2 is 0.647 bits per heavy atom. The van der Waals surface area contributed by atoms with Crippen LogP contribution in [-0.4, -0.2) is 43.0 Å². The van der Waals surface area contributed by atoms with E-state index in [2.05, 4.69) is 333 Å². The Labute approximate surface area is 689 Å². The molecule has 0 amide bonds. The van der Waals surface area contributed by atoms with Crippen molar-refractivity contribution in [1.82, 2.24) is 0 Å². The summed E-state index contributed by atoms with van der Waals surface area (Å²) in [6.45, 7) is 89.0. The van der Waals surface area contributed by atoms with E-state index in [-0.39, 0.29) is 37.7 Å². The number of unbranched alkanes of at least 4 members (excludes halogenated alkanes) is 1. The predicted molar refractivity (Wildman–Crippen MR) is 491 cm³/mol. The molecule has 0 heterocycles. The second kappa shape index (κ2) is 60.3. The maximum atomic E-state index is 3.87. The van der Waals surface area contributed by atoms with E-state index >= 15 is 0 Å². The fourth-order valence-corrected chi connectivity index (χ4v) is 20.7. The minimum Gasteiger partial charge on any atom is -0.332 e. The van der Waals surface area contributed by atoms with E-state index in [1.54, 1.807) is 11.1 Å². The van der Waals surface area contributed by atoms with Crippen molar-refractivity contribution in [2.75, 3.05) is 10.7 Å². The van der Waals surface area contributed by atoms with E-state index in [1.165, 1.54) is 119 Å². The fourth-order valence-electron chi connectivity index (χ4n) is 11.0. The quantitative estimate of drug-likeness (QED) is 0.0260. The molecule has 0 aliphatic carbocycles. The standard InChI is InChI=1S/C43H76Si2.C19H42Br2Si2.C12H17.C8H8.C4H9.4C2H6.2Li/c1-15-35(3)31-39(37-23-19-17-20-24-37)33-43(27-29-44(11,12)41(5,6)7,28-30-45(13,14)42(8,9)10)34-40(32-36(4)16-2)38-25-21-18-22-26-38;1-17(2,3)22(7,8)13-11-19(15-20,16-21)12-14-23(9,10)18(4,5)6;1-3-11(2)9-10-12-7-5-4-6-8-12;1-2-8-6-4-3-5-7-8;1-3-4-2;4*1-2;;/h17-26,35-36,39-40H,15-16,27-34H2,1-14H3;11-16H2,1-10H3;4-8,10-11H,3,9H2,1-2H3;2-7H,1H2;3H,4H2,1-2H3;4*1-2H3;;/q;;-1;;-1;;;;;2*+1. The van der Waals surface area contributed by atoms with Crippen molar-refractivity contribution >= 4 is 70.2 Å². The van der Waals surface area contributed by atoms with Crippen LogP contribution in [-0.2, 0) is 0 Å². The summed E-state index contributed by atoms with van der Waals surface area (Å²) in [4.78, 5) is 0. The maximum absolute atomic E-state index is 3.87. The average molecular weight is 1590 g/mol. The van der Waals surface area contributed by atoms with Gasteiger partial charge >= 0.3 is 37.7 Å². The first-order valence-corrected chi connectivity index (χ1v) is 56.1. The third kappa shape index (κ3) is 48.2. The minimum atomic E-state index is -1.45. The number of benzene rings is 4. The normalized spacial score (nSPS) is 13.3. The minimum absolute atomic E-state index is 0. The van der Waals surface area contributed by atoms with Crippen molar-refractivity contribution in [2.45, 2.75) is 386 Å². The Kier molecular flexibility index (Phi) is 67.8. The van der Waals surface area contributed by atoms with Gasteiger partial charge in [-0.05, 0) is 123 Å². The Hall–Kier alpha value is -0.488. The predicted octanol–water partition coefficient (Wildman–Crippen LogP) is 29.3. The molecule has 0 aliphatic rings. The molecule has 5 atom stereocenters. The zero-order valence-electron chi connectivity index (χ0n) is 76.1. The van der Waals surface area contributed by atoms with Crippen molar-refractivity contribution in [2.24, 2.45) is 28.6 Å². The van der Waals surface area contributed by atoms with Gasteiger partial charge in [0.05, 0.1) is 32.3 Å². The Morgan fingerprint density at radius 3 is 0.863 bits per heavy atom. The summed E-state index contributed by atoms with van der Waals surface area (Å²) in [6.07, 6.45) is 23.3. The third-order valence-electron chi connectivity index (χ3n) is 24.2. The van der Waals surface area contributed by atoms with E-state index in [4.69, 9.17) is 0 Å². The summed E-state index contributed by atoms with van der Waals surface area (Å²) in [7, 11) is -5.28. The number of hydrogen-bond donors (Lipinski definition) is 0. The number of rotatable bonds is 32. The van der Waals surface area contributed by atoms with Crippen molar-refractivity contribution in [3.8, 4) is 0 Å². The van der Waals surface area contributed by atoms with E-state index in [9.17, 15) is 0 Å². The summed E-state index contributed by atoms with van der Waals surface area (Å²) < 4.78 is 0. The van der Waals surface area contributed by atoms with Crippen LogP contribution >= 0.6 is 31.9 Å². The smallest absolute Gasteiger partial charge is 0.332 e.